The molecule has 0 saturated heterocycles. The van der Waals surface area contributed by atoms with Gasteiger partial charge in [-0.2, -0.15) is 0 Å². The molecule has 0 saturated carbocycles. The van der Waals surface area contributed by atoms with Crippen LogP contribution in [0.5, 0.6) is 5.75 Å². The van der Waals surface area contributed by atoms with E-state index >= 15 is 0 Å². The SMILES string of the molecule is CCCOc1ccccc1NC(=O)c1ccoc1. The highest BCUT2D eigenvalue weighted by atomic mass is 16.5. The first-order valence-corrected chi connectivity index (χ1v) is 5.86. The van der Waals surface area contributed by atoms with Gasteiger partial charge in [-0.1, -0.05) is 19.1 Å². The first-order valence-electron chi connectivity index (χ1n) is 5.86. The number of para-hydroxylation sites is 2. The quantitative estimate of drug-likeness (QED) is 0.879. The highest BCUT2D eigenvalue weighted by Gasteiger charge is 2.10. The third-order valence-corrected chi connectivity index (χ3v) is 2.38. The third-order valence-electron chi connectivity index (χ3n) is 2.38. The number of anilines is 1. The second kappa shape index (κ2) is 5.91. The van der Waals surface area contributed by atoms with Gasteiger partial charge in [0.1, 0.15) is 12.0 Å². The molecule has 0 aliphatic heterocycles. The largest absolute Gasteiger partial charge is 0.491 e. The van der Waals surface area contributed by atoms with Crippen LogP contribution in [0.15, 0.2) is 47.3 Å². The number of furan rings is 1. The molecule has 94 valence electrons. The number of carbonyl (C=O) groups excluding carboxylic acids is 1. The second-order valence-electron chi connectivity index (χ2n) is 3.81. The first kappa shape index (κ1) is 12.2. The van der Waals surface area contributed by atoms with Gasteiger partial charge < -0.3 is 14.5 Å². The van der Waals surface area contributed by atoms with Crippen molar-refractivity contribution in [3.63, 3.8) is 0 Å². The summed E-state index contributed by atoms with van der Waals surface area (Å²) in [4.78, 5) is 11.9. The van der Waals surface area contributed by atoms with E-state index in [2.05, 4.69) is 5.32 Å². The standard InChI is InChI=1S/C14H15NO3/c1-2-8-18-13-6-4-3-5-12(13)15-14(16)11-7-9-17-10-11/h3-7,9-10H,2,8H2,1H3,(H,15,16). The zero-order valence-electron chi connectivity index (χ0n) is 10.2. The summed E-state index contributed by atoms with van der Waals surface area (Å²) < 4.78 is 10.4. The van der Waals surface area contributed by atoms with Gasteiger partial charge in [-0.25, -0.2) is 0 Å². The molecule has 0 aliphatic carbocycles. The van der Waals surface area contributed by atoms with Crippen molar-refractivity contribution in [2.75, 3.05) is 11.9 Å². The predicted octanol–water partition coefficient (Wildman–Crippen LogP) is 3.32. The maximum atomic E-state index is 11.9. The van der Waals surface area contributed by atoms with Gasteiger partial charge in [-0.15, -0.1) is 0 Å². The van der Waals surface area contributed by atoms with Gasteiger partial charge in [0, 0.05) is 0 Å². The van der Waals surface area contributed by atoms with E-state index in [0.717, 1.165) is 6.42 Å². The van der Waals surface area contributed by atoms with Crippen molar-refractivity contribution in [3.8, 4) is 5.75 Å². The molecular weight excluding hydrogens is 230 g/mol. The van der Waals surface area contributed by atoms with Crippen molar-refractivity contribution in [3.05, 3.63) is 48.4 Å². The lowest BCUT2D eigenvalue weighted by molar-refractivity contribution is 0.102. The molecule has 1 aromatic carbocycles. The second-order valence-corrected chi connectivity index (χ2v) is 3.81. The summed E-state index contributed by atoms with van der Waals surface area (Å²) in [5.41, 5.74) is 1.15. The van der Waals surface area contributed by atoms with Gasteiger partial charge in [0.2, 0.25) is 0 Å². The van der Waals surface area contributed by atoms with Crippen LogP contribution in [0.2, 0.25) is 0 Å². The van der Waals surface area contributed by atoms with Crippen molar-refractivity contribution in [1.29, 1.82) is 0 Å². The van der Waals surface area contributed by atoms with E-state index in [0.29, 0.717) is 23.6 Å². The van der Waals surface area contributed by atoms with E-state index in [1.54, 1.807) is 6.07 Å². The monoisotopic (exact) mass is 245 g/mol. The lowest BCUT2D eigenvalue weighted by Crippen LogP contribution is -2.12. The average molecular weight is 245 g/mol. The van der Waals surface area contributed by atoms with Crippen LogP contribution in [0.3, 0.4) is 0 Å². The van der Waals surface area contributed by atoms with Gasteiger partial charge >= 0.3 is 0 Å². The van der Waals surface area contributed by atoms with Crippen LogP contribution in [0.1, 0.15) is 23.7 Å². The molecule has 2 rings (SSSR count). The summed E-state index contributed by atoms with van der Waals surface area (Å²) >= 11 is 0. The van der Waals surface area contributed by atoms with Crippen molar-refractivity contribution >= 4 is 11.6 Å². The molecule has 0 bridgehead atoms. The molecule has 2 aromatic rings. The molecule has 0 atom stereocenters. The van der Waals surface area contributed by atoms with E-state index < -0.39 is 0 Å². The summed E-state index contributed by atoms with van der Waals surface area (Å²) in [6.45, 7) is 2.66. The summed E-state index contributed by atoms with van der Waals surface area (Å²) in [6, 6.07) is 8.98. The minimum atomic E-state index is -0.212. The Labute approximate surface area is 106 Å². The van der Waals surface area contributed by atoms with Gasteiger partial charge in [-0.05, 0) is 24.6 Å². The predicted molar refractivity (Wildman–Crippen MR) is 68.9 cm³/mol. The highest BCUT2D eigenvalue weighted by molar-refractivity contribution is 6.04. The minimum absolute atomic E-state index is 0.212. The molecular formula is C14H15NO3. The Kier molecular flexibility index (Phi) is 4.02. The third kappa shape index (κ3) is 2.91. The van der Waals surface area contributed by atoms with Crippen molar-refractivity contribution in [2.45, 2.75) is 13.3 Å². The van der Waals surface area contributed by atoms with Crippen LogP contribution in [0.4, 0.5) is 5.69 Å². The summed E-state index contributed by atoms with van der Waals surface area (Å²) in [6.07, 6.45) is 3.79. The number of hydrogen-bond donors (Lipinski definition) is 1. The normalized spacial score (nSPS) is 10.1. The van der Waals surface area contributed by atoms with Crippen LogP contribution in [-0.4, -0.2) is 12.5 Å². The maximum Gasteiger partial charge on any atom is 0.259 e. The molecule has 0 spiro atoms. The first-order chi connectivity index (χ1) is 8.81. The van der Waals surface area contributed by atoms with Crippen LogP contribution < -0.4 is 10.1 Å². The minimum Gasteiger partial charge on any atom is -0.491 e. The molecule has 0 radical (unpaired) electrons. The zero-order chi connectivity index (χ0) is 12.8. The van der Waals surface area contributed by atoms with Crippen LogP contribution in [0.25, 0.3) is 0 Å². The number of benzene rings is 1. The molecule has 1 heterocycles. The topological polar surface area (TPSA) is 51.5 Å². The molecule has 1 N–H and O–H groups in total. The van der Waals surface area contributed by atoms with E-state index in [-0.39, 0.29) is 5.91 Å². The Morgan fingerprint density at radius 1 is 1.33 bits per heavy atom. The Balaban J connectivity index is 2.11. The fourth-order valence-corrected chi connectivity index (χ4v) is 1.50. The number of ether oxygens (including phenoxy) is 1. The van der Waals surface area contributed by atoms with Crippen molar-refractivity contribution < 1.29 is 13.9 Å². The Bertz CT molecular complexity index is 506. The molecule has 1 amide bonds. The highest BCUT2D eigenvalue weighted by Crippen LogP contribution is 2.24. The lowest BCUT2D eigenvalue weighted by atomic mass is 10.2. The number of hydrogen-bond acceptors (Lipinski definition) is 3. The average Bonchev–Trinajstić information content (AvgIpc) is 2.91. The van der Waals surface area contributed by atoms with E-state index in [4.69, 9.17) is 9.15 Å². The number of carbonyl (C=O) groups is 1. The van der Waals surface area contributed by atoms with Gasteiger partial charge in [0.25, 0.3) is 5.91 Å². The van der Waals surface area contributed by atoms with Crippen LogP contribution in [-0.2, 0) is 0 Å². The molecule has 18 heavy (non-hydrogen) atoms. The smallest absolute Gasteiger partial charge is 0.259 e. The summed E-state index contributed by atoms with van der Waals surface area (Å²) in [5.74, 6) is 0.465. The Hall–Kier alpha value is -2.23. The molecule has 0 fully saturated rings. The van der Waals surface area contributed by atoms with E-state index in [1.165, 1.54) is 12.5 Å². The zero-order valence-corrected chi connectivity index (χ0v) is 10.2. The number of nitrogens with one attached hydrogen (secondary N) is 1. The number of amides is 1. The van der Waals surface area contributed by atoms with Crippen LogP contribution in [0, 0.1) is 0 Å². The molecule has 0 unspecified atom stereocenters. The lowest BCUT2D eigenvalue weighted by Gasteiger charge is -2.11. The van der Waals surface area contributed by atoms with E-state index in [9.17, 15) is 4.79 Å². The Morgan fingerprint density at radius 2 is 2.17 bits per heavy atom. The molecule has 4 nitrogen and oxygen atoms in total. The maximum absolute atomic E-state index is 11.9. The number of rotatable bonds is 5. The van der Waals surface area contributed by atoms with Crippen molar-refractivity contribution in [1.82, 2.24) is 0 Å². The fourth-order valence-electron chi connectivity index (χ4n) is 1.50. The van der Waals surface area contributed by atoms with Gasteiger partial charge in [0.05, 0.1) is 24.1 Å². The fraction of sp³-hybridized carbons (Fsp3) is 0.214. The summed E-state index contributed by atoms with van der Waals surface area (Å²) in [7, 11) is 0. The molecule has 4 heteroatoms. The molecule has 0 aliphatic rings. The summed E-state index contributed by atoms with van der Waals surface area (Å²) in [5, 5.41) is 2.80. The molecule has 1 aromatic heterocycles. The van der Waals surface area contributed by atoms with Gasteiger partial charge in [-0.3, -0.25) is 4.79 Å². The van der Waals surface area contributed by atoms with Crippen molar-refractivity contribution in [2.24, 2.45) is 0 Å². The Morgan fingerprint density at radius 3 is 2.89 bits per heavy atom. The van der Waals surface area contributed by atoms with Gasteiger partial charge in [0.15, 0.2) is 0 Å². The van der Waals surface area contributed by atoms with E-state index in [1.807, 2.05) is 31.2 Å². The van der Waals surface area contributed by atoms with Crippen LogP contribution >= 0.6 is 0 Å².